The summed E-state index contributed by atoms with van der Waals surface area (Å²) in [5.74, 6) is 1.07. The lowest BCUT2D eigenvalue weighted by molar-refractivity contribution is -0.156. The quantitative estimate of drug-likeness (QED) is 0.703. The minimum atomic E-state index is -0.585. The second-order valence-electron chi connectivity index (χ2n) is 9.04. The molecule has 7 heteroatoms. The molecule has 0 aromatic heterocycles. The van der Waals surface area contributed by atoms with Gasteiger partial charge in [-0.1, -0.05) is 18.2 Å². The van der Waals surface area contributed by atoms with E-state index < -0.39 is 5.54 Å². The van der Waals surface area contributed by atoms with Crippen molar-refractivity contribution < 1.29 is 23.8 Å². The van der Waals surface area contributed by atoms with E-state index in [0.29, 0.717) is 25.7 Å². The zero-order chi connectivity index (χ0) is 20.6. The first-order chi connectivity index (χ1) is 14.6. The number of para-hydroxylation sites is 1. The van der Waals surface area contributed by atoms with Gasteiger partial charge in [0.1, 0.15) is 12.4 Å². The third kappa shape index (κ3) is 3.69. The van der Waals surface area contributed by atoms with Crippen molar-refractivity contribution in [2.75, 3.05) is 33.0 Å². The van der Waals surface area contributed by atoms with E-state index in [9.17, 15) is 9.59 Å². The van der Waals surface area contributed by atoms with Crippen molar-refractivity contribution in [2.24, 2.45) is 0 Å². The minimum Gasteiger partial charge on any atom is -0.483 e. The van der Waals surface area contributed by atoms with Crippen LogP contribution in [0.5, 0.6) is 5.75 Å². The van der Waals surface area contributed by atoms with Gasteiger partial charge >= 0.3 is 0 Å². The number of hydrogen-bond donors (Lipinski definition) is 1. The van der Waals surface area contributed by atoms with Crippen LogP contribution in [0.3, 0.4) is 0 Å². The number of carbonyl (C=O) groups is 2. The molecule has 2 saturated heterocycles. The Balaban J connectivity index is 1.46. The molecule has 3 fully saturated rings. The summed E-state index contributed by atoms with van der Waals surface area (Å²) in [5, 5.41) is 3.16. The van der Waals surface area contributed by atoms with Crippen LogP contribution in [-0.2, 0) is 19.1 Å². The van der Waals surface area contributed by atoms with E-state index in [1.54, 1.807) is 0 Å². The fraction of sp³-hybridized carbons (Fsp3) is 0.652. The molecule has 2 atom stereocenters. The highest BCUT2D eigenvalue weighted by atomic mass is 16.5. The molecule has 5 aliphatic rings. The molecule has 162 valence electrons. The molecule has 1 spiro atoms. The standard InChI is InChI=1S/C23H30N2O5/c26-21-13-28-15-23(24-21)10-3-11-25-20(23)12-29-17-8-6-16(7-9-17)18-4-1-2-5-19(18)30-14-22(25)27/h1-2,4-5,16-17,20H,3,6-15H2,(H,24,26)/t16?,17?,20-,23+/m0/s1. The Labute approximate surface area is 177 Å². The van der Waals surface area contributed by atoms with Crippen molar-refractivity contribution in [1.29, 1.82) is 0 Å². The Morgan fingerprint density at radius 3 is 2.73 bits per heavy atom. The SMILES string of the molecule is O=C1COC[C@@]2(CCCN3C(=O)COc4ccccc4C4CCC(CC4)OC[C@H]32)N1. The molecule has 1 saturated carbocycles. The van der Waals surface area contributed by atoms with Gasteiger partial charge in [0.25, 0.3) is 5.91 Å². The topological polar surface area (TPSA) is 77.1 Å². The third-order valence-electron chi connectivity index (χ3n) is 7.21. The molecular formula is C23H30N2O5. The van der Waals surface area contributed by atoms with Crippen molar-refractivity contribution in [3.8, 4) is 5.75 Å². The Kier molecular flexibility index (Phi) is 5.41. The average molecular weight is 415 g/mol. The van der Waals surface area contributed by atoms with Crippen LogP contribution in [0.1, 0.15) is 50.0 Å². The van der Waals surface area contributed by atoms with Crippen LogP contribution in [-0.4, -0.2) is 67.4 Å². The zero-order valence-corrected chi connectivity index (χ0v) is 17.3. The van der Waals surface area contributed by atoms with Crippen LogP contribution in [0.2, 0.25) is 0 Å². The normalized spacial score (nSPS) is 34.7. The number of amides is 2. The summed E-state index contributed by atoms with van der Waals surface area (Å²) in [6.07, 6.45) is 5.88. The lowest BCUT2D eigenvalue weighted by Crippen LogP contribution is -2.72. The molecule has 2 amide bonds. The van der Waals surface area contributed by atoms with E-state index in [0.717, 1.165) is 44.3 Å². The van der Waals surface area contributed by atoms with E-state index in [-0.39, 0.29) is 37.2 Å². The van der Waals surface area contributed by atoms with Gasteiger partial charge in [0.15, 0.2) is 6.61 Å². The van der Waals surface area contributed by atoms with Gasteiger partial charge in [-0.25, -0.2) is 0 Å². The highest BCUT2D eigenvalue weighted by Crippen LogP contribution is 2.39. The minimum absolute atomic E-state index is 0.00541. The summed E-state index contributed by atoms with van der Waals surface area (Å²) >= 11 is 0. The predicted molar refractivity (Wildman–Crippen MR) is 109 cm³/mol. The fourth-order valence-electron chi connectivity index (χ4n) is 5.66. The Morgan fingerprint density at radius 1 is 1.07 bits per heavy atom. The molecule has 2 bridgehead atoms. The number of morpholine rings is 1. The molecule has 6 rings (SSSR count). The van der Waals surface area contributed by atoms with Crippen LogP contribution >= 0.6 is 0 Å². The molecular weight excluding hydrogens is 384 g/mol. The molecule has 4 aliphatic heterocycles. The summed E-state index contributed by atoms with van der Waals surface area (Å²) in [7, 11) is 0. The number of rotatable bonds is 0. The second-order valence-corrected chi connectivity index (χ2v) is 9.04. The summed E-state index contributed by atoms with van der Waals surface area (Å²) in [5.41, 5.74) is 0.612. The molecule has 0 radical (unpaired) electrons. The summed E-state index contributed by atoms with van der Waals surface area (Å²) < 4.78 is 18.1. The van der Waals surface area contributed by atoms with Crippen molar-refractivity contribution in [3.63, 3.8) is 0 Å². The highest BCUT2D eigenvalue weighted by molar-refractivity contribution is 5.81. The third-order valence-corrected chi connectivity index (χ3v) is 7.21. The monoisotopic (exact) mass is 414 g/mol. The van der Waals surface area contributed by atoms with E-state index >= 15 is 0 Å². The van der Waals surface area contributed by atoms with E-state index in [1.807, 2.05) is 23.1 Å². The number of hydrogen-bond acceptors (Lipinski definition) is 5. The lowest BCUT2D eigenvalue weighted by Gasteiger charge is -2.51. The highest BCUT2D eigenvalue weighted by Gasteiger charge is 2.49. The number of carbonyl (C=O) groups excluding carboxylic acids is 2. The fourth-order valence-corrected chi connectivity index (χ4v) is 5.66. The van der Waals surface area contributed by atoms with Gasteiger partial charge in [-0.2, -0.15) is 0 Å². The number of piperidine rings is 1. The first-order valence-corrected chi connectivity index (χ1v) is 11.2. The number of ether oxygens (including phenoxy) is 3. The van der Waals surface area contributed by atoms with Gasteiger partial charge in [-0.05, 0) is 56.1 Å². The van der Waals surface area contributed by atoms with Crippen LogP contribution in [0.15, 0.2) is 24.3 Å². The van der Waals surface area contributed by atoms with Gasteiger partial charge in [0.05, 0.1) is 30.9 Å². The zero-order valence-electron chi connectivity index (χ0n) is 17.3. The van der Waals surface area contributed by atoms with Crippen LogP contribution in [0, 0.1) is 0 Å². The van der Waals surface area contributed by atoms with Gasteiger partial charge < -0.3 is 24.4 Å². The molecule has 1 aromatic rings. The molecule has 0 unspecified atom stereocenters. The molecule has 1 N–H and O–H groups in total. The van der Waals surface area contributed by atoms with E-state index in [2.05, 4.69) is 11.4 Å². The molecule has 7 nitrogen and oxygen atoms in total. The van der Waals surface area contributed by atoms with Gasteiger partial charge in [-0.15, -0.1) is 0 Å². The van der Waals surface area contributed by atoms with Gasteiger partial charge in [0, 0.05) is 6.54 Å². The predicted octanol–water partition coefficient (Wildman–Crippen LogP) is 2.00. The maximum absolute atomic E-state index is 13.2. The summed E-state index contributed by atoms with van der Waals surface area (Å²) in [6.45, 7) is 1.54. The van der Waals surface area contributed by atoms with Crippen LogP contribution < -0.4 is 10.1 Å². The number of nitrogens with one attached hydrogen (secondary N) is 1. The van der Waals surface area contributed by atoms with Crippen molar-refractivity contribution in [2.45, 2.75) is 62.1 Å². The van der Waals surface area contributed by atoms with Crippen LogP contribution in [0.25, 0.3) is 0 Å². The first-order valence-electron chi connectivity index (χ1n) is 11.2. The molecule has 1 aromatic carbocycles. The van der Waals surface area contributed by atoms with Crippen LogP contribution in [0.4, 0.5) is 0 Å². The molecule has 1 aliphatic carbocycles. The van der Waals surface area contributed by atoms with Gasteiger partial charge in [0.2, 0.25) is 5.91 Å². The van der Waals surface area contributed by atoms with E-state index in [1.165, 1.54) is 5.56 Å². The number of fused-ring (bicyclic) bond motifs is 5. The first kappa shape index (κ1) is 19.8. The Bertz CT molecular complexity index is 803. The lowest BCUT2D eigenvalue weighted by atomic mass is 9.80. The van der Waals surface area contributed by atoms with Gasteiger partial charge in [-0.3, -0.25) is 9.59 Å². The second kappa shape index (κ2) is 8.19. The maximum atomic E-state index is 13.2. The number of nitrogens with zero attached hydrogens (tertiary/aromatic N) is 1. The van der Waals surface area contributed by atoms with Crippen molar-refractivity contribution in [1.82, 2.24) is 10.2 Å². The molecule has 30 heavy (non-hydrogen) atoms. The largest absolute Gasteiger partial charge is 0.483 e. The Hall–Kier alpha value is -2.12. The van der Waals surface area contributed by atoms with Crippen molar-refractivity contribution >= 4 is 11.8 Å². The maximum Gasteiger partial charge on any atom is 0.260 e. The molecule has 4 heterocycles. The summed E-state index contributed by atoms with van der Waals surface area (Å²) in [6, 6.07) is 7.85. The smallest absolute Gasteiger partial charge is 0.260 e. The van der Waals surface area contributed by atoms with Crippen molar-refractivity contribution in [3.05, 3.63) is 29.8 Å². The average Bonchev–Trinajstić information content (AvgIpc) is 2.78. The van der Waals surface area contributed by atoms with E-state index in [4.69, 9.17) is 14.2 Å². The summed E-state index contributed by atoms with van der Waals surface area (Å²) in [4.78, 5) is 27.3. The number of benzene rings is 1. The Morgan fingerprint density at radius 2 is 1.90 bits per heavy atom.